The van der Waals surface area contributed by atoms with Gasteiger partial charge < -0.3 is 19.7 Å². The molecule has 3 rings (SSSR count). The van der Waals surface area contributed by atoms with Crippen molar-refractivity contribution in [2.75, 3.05) is 60.4 Å². The first-order valence-corrected chi connectivity index (χ1v) is 10.2. The third-order valence-corrected chi connectivity index (χ3v) is 5.80. The Balaban J connectivity index is 0.00000300. The van der Waals surface area contributed by atoms with Crippen LogP contribution >= 0.6 is 24.0 Å². The summed E-state index contributed by atoms with van der Waals surface area (Å²) < 4.78 is 2.24. The van der Waals surface area contributed by atoms with Crippen LogP contribution in [0.15, 0.2) is 4.99 Å². The number of aromatic nitrogens is 3. The first kappa shape index (κ1) is 23.8. The first-order chi connectivity index (χ1) is 13.5. The molecule has 0 radical (unpaired) electrons. The molecule has 3 heterocycles. The Hall–Kier alpha value is -1.43. The Labute approximate surface area is 190 Å². The molecule has 2 aliphatic rings. The van der Waals surface area contributed by atoms with Crippen molar-refractivity contribution >= 4 is 35.8 Å². The van der Waals surface area contributed by atoms with Gasteiger partial charge in [0.2, 0.25) is 5.91 Å². The molecule has 164 valence electrons. The van der Waals surface area contributed by atoms with E-state index in [0.717, 1.165) is 76.3 Å². The van der Waals surface area contributed by atoms with Crippen LogP contribution in [0, 0.1) is 12.8 Å². The quantitative estimate of drug-likeness (QED) is 0.346. The minimum absolute atomic E-state index is 0. The largest absolute Gasteiger partial charge is 0.356 e. The highest BCUT2D eigenvalue weighted by Gasteiger charge is 2.24. The number of nitrogens with one attached hydrogen (secondary N) is 1. The third-order valence-electron chi connectivity index (χ3n) is 5.80. The molecule has 0 spiro atoms. The summed E-state index contributed by atoms with van der Waals surface area (Å²) in [4.78, 5) is 22.6. The summed E-state index contributed by atoms with van der Waals surface area (Å²) in [6.07, 6.45) is 2.72. The Kier molecular flexibility index (Phi) is 9.12. The number of amides is 1. The van der Waals surface area contributed by atoms with Gasteiger partial charge in [0.25, 0.3) is 0 Å². The second kappa shape index (κ2) is 11.1. The van der Waals surface area contributed by atoms with Crippen molar-refractivity contribution < 1.29 is 4.79 Å². The summed E-state index contributed by atoms with van der Waals surface area (Å²) in [6.45, 7) is 8.57. The minimum atomic E-state index is 0. The summed E-state index contributed by atoms with van der Waals surface area (Å²) in [6, 6.07) is 0. The van der Waals surface area contributed by atoms with Crippen molar-refractivity contribution in [3.63, 3.8) is 0 Å². The van der Waals surface area contributed by atoms with E-state index in [-0.39, 0.29) is 29.9 Å². The van der Waals surface area contributed by atoms with Gasteiger partial charge in [-0.25, -0.2) is 0 Å². The zero-order valence-electron chi connectivity index (χ0n) is 18.1. The lowest BCUT2D eigenvalue weighted by Crippen LogP contribution is -2.53. The van der Waals surface area contributed by atoms with Gasteiger partial charge >= 0.3 is 0 Å². The average Bonchev–Trinajstić information content (AvgIpc) is 3.07. The number of aryl methyl sites for hydroxylation is 2. The van der Waals surface area contributed by atoms with Gasteiger partial charge in [-0.05, 0) is 19.3 Å². The van der Waals surface area contributed by atoms with E-state index >= 15 is 0 Å². The van der Waals surface area contributed by atoms with Gasteiger partial charge in [-0.15, -0.1) is 34.2 Å². The summed E-state index contributed by atoms with van der Waals surface area (Å²) in [5.74, 6) is 3.86. The molecule has 9 nitrogen and oxygen atoms in total. The van der Waals surface area contributed by atoms with E-state index in [9.17, 15) is 4.79 Å². The van der Waals surface area contributed by atoms with Crippen molar-refractivity contribution in [2.24, 2.45) is 10.9 Å². The molecule has 1 N–H and O–H groups in total. The first-order valence-electron chi connectivity index (χ1n) is 10.2. The Morgan fingerprint density at radius 3 is 2.62 bits per heavy atom. The minimum Gasteiger partial charge on any atom is -0.356 e. The fourth-order valence-corrected chi connectivity index (χ4v) is 3.93. The molecule has 1 atom stereocenters. The van der Waals surface area contributed by atoms with E-state index < -0.39 is 0 Å². The fourth-order valence-electron chi connectivity index (χ4n) is 3.93. The Bertz CT molecular complexity index is 696. The summed E-state index contributed by atoms with van der Waals surface area (Å²) in [7, 11) is 5.48. The second-order valence-electron chi connectivity index (χ2n) is 7.97. The standard InChI is InChI=1S/C19H34N8O.HI/c1-15-22-23-17-6-5-16(14-27(15)17)13-21-19(20-2)26-11-9-25(10-12-26)8-7-18(28)24(3)4;/h16H,5-14H2,1-4H3,(H,20,21);1H. The highest BCUT2D eigenvalue weighted by molar-refractivity contribution is 14.0. The van der Waals surface area contributed by atoms with Gasteiger partial charge in [-0.2, -0.15) is 0 Å². The SMILES string of the molecule is CN=C(NCC1CCc2nnc(C)n2C1)N1CCN(CCC(=O)N(C)C)CC1.I. The molecule has 0 aromatic carbocycles. The molecule has 0 saturated carbocycles. The molecule has 1 aromatic heterocycles. The summed E-state index contributed by atoms with van der Waals surface area (Å²) >= 11 is 0. The van der Waals surface area contributed by atoms with Gasteiger partial charge in [0.05, 0.1) is 0 Å². The van der Waals surface area contributed by atoms with Crippen LogP contribution in [0.25, 0.3) is 0 Å². The maximum absolute atomic E-state index is 11.8. The number of fused-ring (bicyclic) bond motifs is 1. The number of piperazine rings is 1. The van der Waals surface area contributed by atoms with Crippen LogP contribution < -0.4 is 5.32 Å². The number of rotatable bonds is 5. The number of carbonyl (C=O) groups excluding carboxylic acids is 1. The lowest BCUT2D eigenvalue weighted by Gasteiger charge is -2.37. The van der Waals surface area contributed by atoms with Gasteiger partial charge in [0, 0.05) is 79.8 Å². The maximum Gasteiger partial charge on any atom is 0.223 e. The highest BCUT2D eigenvalue weighted by Crippen LogP contribution is 2.19. The molecule has 1 aromatic rings. The number of guanidine groups is 1. The van der Waals surface area contributed by atoms with E-state index in [1.54, 1.807) is 4.90 Å². The van der Waals surface area contributed by atoms with Crippen LogP contribution in [0.5, 0.6) is 0 Å². The van der Waals surface area contributed by atoms with Crippen LogP contribution in [-0.2, 0) is 17.8 Å². The number of hydrogen-bond acceptors (Lipinski definition) is 5. The molecule has 1 amide bonds. The molecule has 10 heteroatoms. The number of hydrogen-bond donors (Lipinski definition) is 1. The van der Waals surface area contributed by atoms with Crippen LogP contribution in [-0.4, -0.2) is 102 Å². The van der Waals surface area contributed by atoms with Gasteiger partial charge in [-0.1, -0.05) is 0 Å². The van der Waals surface area contributed by atoms with Gasteiger partial charge in [0.15, 0.2) is 5.96 Å². The van der Waals surface area contributed by atoms with E-state index in [2.05, 4.69) is 34.9 Å². The van der Waals surface area contributed by atoms with Crippen molar-refractivity contribution in [1.82, 2.24) is 34.8 Å². The lowest BCUT2D eigenvalue weighted by atomic mass is 9.99. The maximum atomic E-state index is 11.8. The zero-order valence-corrected chi connectivity index (χ0v) is 20.4. The predicted molar refractivity (Wildman–Crippen MR) is 125 cm³/mol. The zero-order chi connectivity index (χ0) is 20.1. The smallest absolute Gasteiger partial charge is 0.223 e. The molecule has 0 bridgehead atoms. The number of halogens is 1. The van der Waals surface area contributed by atoms with E-state index in [0.29, 0.717) is 12.3 Å². The van der Waals surface area contributed by atoms with Crippen LogP contribution in [0.1, 0.15) is 24.5 Å². The van der Waals surface area contributed by atoms with Gasteiger partial charge in [0.1, 0.15) is 11.6 Å². The topological polar surface area (TPSA) is 81.9 Å². The summed E-state index contributed by atoms with van der Waals surface area (Å²) in [5.41, 5.74) is 0. The monoisotopic (exact) mass is 518 g/mol. The van der Waals surface area contributed by atoms with Crippen molar-refractivity contribution in [3.8, 4) is 0 Å². The molecular weight excluding hydrogens is 483 g/mol. The van der Waals surface area contributed by atoms with E-state index in [1.165, 1.54) is 0 Å². The predicted octanol–water partition coefficient (Wildman–Crippen LogP) is 0.438. The fraction of sp³-hybridized carbons (Fsp3) is 0.789. The highest BCUT2D eigenvalue weighted by atomic mass is 127. The van der Waals surface area contributed by atoms with E-state index in [1.807, 2.05) is 28.1 Å². The van der Waals surface area contributed by atoms with Crippen molar-refractivity contribution in [2.45, 2.75) is 32.7 Å². The van der Waals surface area contributed by atoms with Crippen molar-refractivity contribution in [1.29, 1.82) is 0 Å². The molecular formula is C19H35IN8O. The Morgan fingerprint density at radius 1 is 1.24 bits per heavy atom. The Morgan fingerprint density at radius 2 is 1.97 bits per heavy atom. The molecule has 1 saturated heterocycles. The van der Waals surface area contributed by atoms with Crippen molar-refractivity contribution in [3.05, 3.63) is 11.6 Å². The van der Waals surface area contributed by atoms with E-state index in [4.69, 9.17) is 0 Å². The van der Waals surface area contributed by atoms with Crippen LogP contribution in [0.4, 0.5) is 0 Å². The molecule has 1 fully saturated rings. The number of carbonyl (C=O) groups is 1. The molecule has 0 aliphatic carbocycles. The molecule has 1 unspecified atom stereocenters. The number of aliphatic imine (C=N–C) groups is 1. The molecule has 29 heavy (non-hydrogen) atoms. The van der Waals surface area contributed by atoms with Crippen LogP contribution in [0.3, 0.4) is 0 Å². The second-order valence-corrected chi connectivity index (χ2v) is 7.97. The number of nitrogens with zero attached hydrogens (tertiary/aromatic N) is 7. The normalized spacial score (nSPS) is 20.1. The average molecular weight is 518 g/mol. The lowest BCUT2D eigenvalue weighted by molar-refractivity contribution is -0.129. The van der Waals surface area contributed by atoms with Gasteiger partial charge in [-0.3, -0.25) is 14.7 Å². The summed E-state index contributed by atoms with van der Waals surface area (Å²) in [5, 5.41) is 12.0. The molecule has 2 aliphatic heterocycles. The van der Waals surface area contributed by atoms with Crippen LogP contribution in [0.2, 0.25) is 0 Å². The third kappa shape index (κ3) is 6.27.